The lowest BCUT2D eigenvalue weighted by atomic mass is 10.2. The van der Waals surface area contributed by atoms with E-state index in [-0.39, 0.29) is 17.5 Å². The molecule has 0 bridgehead atoms. The van der Waals surface area contributed by atoms with Gasteiger partial charge in [-0.05, 0) is 12.1 Å². The van der Waals surface area contributed by atoms with Crippen molar-refractivity contribution < 1.29 is 14.0 Å². The van der Waals surface area contributed by atoms with Crippen LogP contribution in [-0.4, -0.2) is 65.9 Å². The minimum absolute atomic E-state index is 0.0407. The van der Waals surface area contributed by atoms with E-state index < -0.39 is 5.95 Å². The highest BCUT2D eigenvalue weighted by atomic mass is 19.1. The van der Waals surface area contributed by atoms with Crippen molar-refractivity contribution in [3.63, 3.8) is 0 Å². The third-order valence-electron chi connectivity index (χ3n) is 3.40. The maximum Gasteiger partial charge on any atom is 0.272 e. The van der Waals surface area contributed by atoms with Crippen LogP contribution in [-0.2, 0) is 4.79 Å². The number of aromatic nitrogens is 1. The van der Waals surface area contributed by atoms with Gasteiger partial charge >= 0.3 is 0 Å². The summed E-state index contributed by atoms with van der Waals surface area (Å²) in [5.41, 5.74) is 0.140. The first-order chi connectivity index (χ1) is 10.1. The molecule has 6 nitrogen and oxygen atoms in total. The molecule has 2 rings (SSSR count). The topological polar surface area (TPSA) is 65.5 Å². The van der Waals surface area contributed by atoms with Crippen LogP contribution in [0, 0.1) is 5.95 Å². The Morgan fingerprint density at radius 2 is 2.00 bits per heavy atom. The van der Waals surface area contributed by atoms with E-state index in [0.29, 0.717) is 19.6 Å². The molecular formula is C14H19FN4O2. The lowest BCUT2D eigenvalue weighted by Crippen LogP contribution is -2.50. The summed E-state index contributed by atoms with van der Waals surface area (Å²) in [6.07, 6.45) is 0. The van der Waals surface area contributed by atoms with Crippen molar-refractivity contribution >= 4 is 11.8 Å². The number of rotatable bonds is 4. The van der Waals surface area contributed by atoms with Crippen LogP contribution in [0.25, 0.3) is 0 Å². The maximum absolute atomic E-state index is 13.0. The Morgan fingerprint density at radius 1 is 1.29 bits per heavy atom. The predicted molar refractivity (Wildman–Crippen MR) is 75.2 cm³/mol. The Labute approximate surface area is 122 Å². The monoisotopic (exact) mass is 294 g/mol. The second-order valence-electron chi connectivity index (χ2n) is 4.96. The van der Waals surface area contributed by atoms with Crippen LogP contribution in [0.5, 0.6) is 0 Å². The van der Waals surface area contributed by atoms with E-state index in [1.54, 1.807) is 4.90 Å². The molecule has 21 heavy (non-hydrogen) atoms. The third-order valence-corrected chi connectivity index (χ3v) is 3.40. The second kappa shape index (κ2) is 7.12. The number of pyridine rings is 1. The Hall–Kier alpha value is -2.02. The number of nitrogens with zero attached hydrogens (tertiary/aromatic N) is 3. The minimum Gasteiger partial charge on any atom is -0.355 e. The van der Waals surface area contributed by atoms with Crippen molar-refractivity contribution in [1.29, 1.82) is 0 Å². The predicted octanol–water partition coefficient (Wildman–Crippen LogP) is 0.115. The molecule has 0 saturated carbocycles. The lowest BCUT2D eigenvalue weighted by Gasteiger charge is -2.34. The van der Waals surface area contributed by atoms with Gasteiger partial charge in [-0.15, -0.1) is 0 Å². The zero-order valence-electron chi connectivity index (χ0n) is 12.0. The molecule has 0 atom stereocenters. The first kappa shape index (κ1) is 15.4. The molecular weight excluding hydrogens is 275 g/mol. The molecule has 0 unspecified atom stereocenters. The van der Waals surface area contributed by atoms with Crippen LogP contribution in [0.3, 0.4) is 0 Å². The fourth-order valence-corrected chi connectivity index (χ4v) is 2.25. The van der Waals surface area contributed by atoms with Gasteiger partial charge in [-0.2, -0.15) is 4.39 Å². The van der Waals surface area contributed by atoms with Gasteiger partial charge in [0.05, 0.1) is 0 Å². The first-order valence-electron chi connectivity index (χ1n) is 6.95. The summed E-state index contributed by atoms with van der Waals surface area (Å²) in [5, 5.41) is 2.75. The number of amides is 2. The zero-order valence-corrected chi connectivity index (χ0v) is 12.0. The SMILES string of the molecule is CC(=O)NCCN1CCN(C(=O)c2cccc(F)n2)CC1. The summed E-state index contributed by atoms with van der Waals surface area (Å²) < 4.78 is 13.0. The molecule has 7 heteroatoms. The highest BCUT2D eigenvalue weighted by Gasteiger charge is 2.22. The zero-order chi connectivity index (χ0) is 15.2. The number of carbonyl (C=O) groups excluding carboxylic acids is 2. The van der Waals surface area contributed by atoms with E-state index in [0.717, 1.165) is 19.6 Å². The Balaban J connectivity index is 1.81. The lowest BCUT2D eigenvalue weighted by molar-refractivity contribution is -0.119. The number of halogens is 1. The summed E-state index contributed by atoms with van der Waals surface area (Å²) in [5.74, 6) is -0.924. The van der Waals surface area contributed by atoms with Gasteiger partial charge in [-0.3, -0.25) is 14.5 Å². The molecule has 0 aromatic carbocycles. The fraction of sp³-hybridized carbons (Fsp3) is 0.500. The Bertz CT molecular complexity index is 515. The van der Waals surface area contributed by atoms with Crippen LogP contribution in [0.15, 0.2) is 18.2 Å². The van der Waals surface area contributed by atoms with Crippen LogP contribution in [0.2, 0.25) is 0 Å². The molecule has 1 saturated heterocycles. The van der Waals surface area contributed by atoms with E-state index in [1.165, 1.54) is 25.1 Å². The van der Waals surface area contributed by atoms with Gasteiger partial charge in [0.15, 0.2) is 0 Å². The van der Waals surface area contributed by atoms with Crippen molar-refractivity contribution in [2.75, 3.05) is 39.3 Å². The van der Waals surface area contributed by atoms with E-state index in [1.807, 2.05) is 0 Å². The van der Waals surface area contributed by atoms with Gasteiger partial charge in [0, 0.05) is 46.2 Å². The smallest absolute Gasteiger partial charge is 0.272 e. The molecule has 1 fully saturated rings. The minimum atomic E-state index is -0.644. The first-order valence-corrected chi connectivity index (χ1v) is 6.95. The largest absolute Gasteiger partial charge is 0.355 e. The van der Waals surface area contributed by atoms with Crippen molar-refractivity contribution in [3.05, 3.63) is 29.8 Å². The fourth-order valence-electron chi connectivity index (χ4n) is 2.25. The molecule has 1 N–H and O–H groups in total. The summed E-state index contributed by atoms with van der Waals surface area (Å²) in [7, 11) is 0. The summed E-state index contributed by atoms with van der Waals surface area (Å²) in [6, 6.07) is 4.23. The molecule has 0 radical (unpaired) electrons. The summed E-state index contributed by atoms with van der Waals surface area (Å²) >= 11 is 0. The molecule has 0 spiro atoms. The standard InChI is InChI=1S/C14H19FN4O2/c1-11(20)16-5-6-18-7-9-19(10-8-18)14(21)12-3-2-4-13(15)17-12/h2-4H,5-10H2,1H3,(H,16,20). The molecule has 0 aliphatic carbocycles. The number of carbonyl (C=O) groups is 2. The van der Waals surface area contributed by atoms with Crippen LogP contribution in [0.1, 0.15) is 17.4 Å². The highest BCUT2D eigenvalue weighted by molar-refractivity contribution is 5.92. The van der Waals surface area contributed by atoms with Gasteiger partial charge < -0.3 is 10.2 Å². The molecule has 1 aliphatic heterocycles. The van der Waals surface area contributed by atoms with E-state index in [2.05, 4.69) is 15.2 Å². The summed E-state index contributed by atoms with van der Waals surface area (Å²) in [4.78, 5) is 30.4. The number of hydrogen-bond donors (Lipinski definition) is 1. The van der Waals surface area contributed by atoms with E-state index in [4.69, 9.17) is 0 Å². The van der Waals surface area contributed by atoms with Crippen LogP contribution in [0.4, 0.5) is 4.39 Å². The van der Waals surface area contributed by atoms with Gasteiger partial charge in [0.2, 0.25) is 11.9 Å². The Kier molecular flexibility index (Phi) is 5.21. The third kappa shape index (κ3) is 4.49. The van der Waals surface area contributed by atoms with Gasteiger partial charge in [-0.25, -0.2) is 4.98 Å². The van der Waals surface area contributed by atoms with Gasteiger partial charge in [0.25, 0.3) is 5.91 Å². The van der Waals surface area contributed by atoms with E-state index >= 15 is 0 Å². The number of nitrogens with one attached hydrogen (secondary N) is 1. The van der Waals surface area contributed by atoms with Crippen LogP contribution >= 0.6 is 0 Å². The molecule has 1 aliphatic rings. The highest BCUT2D eigenvalue weighted by Crippen LogP contribution is 2.07. The summed E-state index contributed by atoms with van der Waals surface area (Å²) in [6.45, 7) is 5.49. The van der Waals surface area contributed by atoms with Crippen molar-refractivity contribution in [1.82, 2.24) is 20.1 Å². The average Bonchev–Trinajstić information content (AvgIpc) is 2.47. The quantitative estimate of drug-likeness (QED) is 0.801. The van der Waals surface area contributed by atoms with Crippen LogP contribution < -0.4 is 5.32 Å². The molecule has 1 aromatic rings. The van der Waals surface area contributed by atoms with Gasteiger partial charge in [0.1, 0.15) is 5.69 Å². The van der Waals surface area contributed by atoms with Crippen molar-refractivity contribution in [2.24, 2.45) is 0 Å². The van der Waals surface area contributed by atoms with Crippen molar-refractivity contribution in [2.45, 2.75) is 6.92 Å². The molecule has 2 heterocycles. The normalized spacial score (nSPS) is 15.8. The number of piperazine rings is 1. The number of hydrogen-bond acceptors (Lipinski definition) is 4. The van der Waals surface area contributed by atoms with Gasteiger partial charge in [-0.1, -0.05) is 6.07 Å². The Morgan fingerprint density at radius 3 is 2.62 bits per heavy atom. The maximum atomic E-state index is 13.0. The van der Waals surface area contributed by atoms with E-state index in [9.17, 15) is 14.0 Å². The van der Waals surface area contributed by atoms with Crippen molar-refractivity contribution in [3.8, 4) is 0 Å². The second-order valence-corrected chi connectivity index (χ2v) is 4.96. The molecule has 114 valence electrons. The molecule has 2 amide bonds. The molecule has 1 aromatic heterocycles. The average molecular weight is 294 g/mol.